The second kappa shape index (κ2) is 6.71. The smallest absolute Gasteiger partial charge is 0.220 e. The molecule has 1 aromatic rings. The summed E-state index contributed by atoms with van der Waals surface area (Å²) in [6.45, 7) is 13.7. The molecule has 0 bridgehead atoms. The molecule has 3 atom stereocenters. The van der Waals surface area contributed by atoms with Crippen LogP contribution in [0.3, 0.4) is 0 Å². The van der Waals surface area contributed by atoms with Gasteiger partial charge < -0.3 is 4.57 Å². The number of carbonyl (C=O) groups excluding carboxylic acids is 1. The SMILES string of the molecule is CC(Br)CCC1C(=O)N([Si](C)(C)C(C)(C)C)C1c1ccccc1. The van der Waals surface area contributed by atoms with Crippen molar-refractivity contribution in [3.63, 3.8) is 0 Å². The maximum atomic E-state index is 13.0. The third-order valence-corrected chi connectivity index (χ3v) is 11.5. The largest absolute Gasteiger partial charge is 0.361 e. The number of nitrogens with zero attached hydrogens (tertiary/aromatic N) is 1. The first-order valence-electron chi connectivity index (χ1n) is 8.59. The number of hydrogen-bond donors (Lipinski definition) is 0. The van der Waals surface area contributed by atoms with E-state index in [9.17, 15) is 4.79 Å². The summed E-state index contributed by atoms with van der Waals surface area (Å²) in [4.78, 5) is 13.5. The van der Waals surface area contributed by atoms with E-state index in [4.69, 9.17) is 0 Å². The van der Waals surface area contributed by atoms with Crippen LogP contribution in [0.5, 0.6) is 0 Å². The van der Waals surface area contributed by atoms with Gasteiger partial charge in [-0.3, -0.25) is 4.79 Å². The van der Waals surface area contributed by atoms with Gasteiger partial charge in [-0.15, -0.1) is 0 Å². The maximum absolute atomic E-state index is 13.0. The Bertz CT molecular complexity index is 550. The maximum Gasteiger partial charge on any atom is 0.220 e. The van der Waals surface area contributed by atoms with Gasteiger partial charge in [-0.25, -0.2) is 0 Å². The number of halogens is 1. The lowest BCUT2D eigenvalue weighted by Gasteiger charge is -2.59. The summed E-state index contributed by atoms with van der Waals surface area (Å²) >= 11 is 3.62. The van der Waals surface area contributed by atoms with E-state index in [-0.39, 0.29) is 17.0 Å². The van der Waals surface area contributed by atoms with E-state index >= 15 is 0 Å². The fourth-order valence-electron chi connectivity index (χ4n) is 3.26. The van der Waals surface area contributed by atoms with Gasteiger partial charge in [0, 0.05) is 4.83 Å². The average Bonchev–Trinajstić information content (AvgIpc) is 2.43. The summed E-state index contributed by atoms with van der Waals surface area (Å²) in [7, 11) is -1.86. The second-order valence-electron chi connectivity index (χ2n) is 8.34. The molecule has 0 saturated carbocycles. The minimum absolute atomic E-state index is 0.145. The molecule has 3 unspecified atom stereocenters. The van der Waals surface area contributed by atoms with Crippen molar-refractivity contribution in [2.75, 3.05) is 0 Å². The number of alkyl halides is 1. The van der Waals surface area contributed by atoms with E-state index in [1.165, 1.54) is 5.56 Å². The zero-order chi connectivity index (χ0) is 17.4. The van der Waals surface area contributed by atoms with Gasteiger partial charge in [-0.2, -0.15) is 0 Å². The standard InChI is InChI=1S/C19H30BrNOSi/c1-14(20)12-13-16-17(15-10-8-7-9-11-15)21(18(16)22)23(5,6)19(2,3)4/h7-11,14,16-17H,12-13H2,1-6H3. The number of hydrogen-bond acceptors (Lipinski definition) is 1. The van der Waals surface area contributed by atoms with Gasteiger partial charge in [0.2, 0.25) is 5.91 Å². The number of β-lactam (4-membered cyclic amide) rings is 1. The van der Waals surface area contributed by atoms with Crippen molar-refractivity contribution in [2.24, 2.45) is 5.92 Å². The first-order chi connectivity index (χ1) is 10.6. The number of amides is 1. The molecule has 128 valence electrons. The molecule has 2 rings (SSSR count). The summed E-state index contributed by atoms with van der Waals surface area (Å²) in [5, 5.41) is 0.170. The second-order valence-corrected chi connectivity index (χ2v) is 15.0. The first-order valence-corrected chi connectivity index (χ1v) is 12.5. The highest BCUT2D eigenvalue weighted by molar-refractivity contribution is 9.09. The molecule has 1 aliphatic rings. The molecular formula is C19H30BrNOSi. The van der Waals surface area contributed by atoms with Crippen molar-refractivity contribution in [3.8, 4) is 0 Å². The Morgan fingerprint density at radius 3 is 2.26 bits per heavy atom. The van der Waals surface area contributed by atoms with Gasteiger partial charge in [-0.1, -0.05) is 87.1 Å². The van der Waals surface area contributed by atoms with Crippen molar-refractivity contribution in [1.82, 2.24) is 4.57 Å². The Kier molecular flexibility index (Phi) is 5.46. The molecule has 1 aliphatic heterocycles. The summed E-state index contributed by atoms with van der Waals surface area (Å²) in [5.74, 6) is 0.519. The van der Waals surface area contributed by atoms with Crippen LogP contribution in [0, 0.1) is 5.92 Å². The fourth-order valence-corrected chi connectivity index (χ4v) is 5.98. The van der Waals surface area contributed by atoms with Crippen LogP contribution in [0.2, 0.25) is 18.1 Å². The Balaban J connectivity index is 2.33. The van der Waals surface area contributed by atoms with E-state index in [0.717, 1.165) is 12.8 Å². The molecule has 0 aromatic heterocycles. The minimum atomic E-state index is -1.86. The van der Waals surface area contributed by atoms with Gasteiger partial charge in [0.05, 0.1) is 12.0 Å². The highest BCUT2D eigenvalue weighted by atomic mass is 79.9. The summed E-state index contributed by atoms with van der Waals surface area (Å²) < 4.78 is 2.27. The van der Waals surface area contributed by atoms with Gasteiger partial charge in [0.25, 0.3) is 0 Å². The highest BCUT2D eigenvalue weighted by Crippen LogP contribution is 2.51. The van der Waals surface area contributed by atoms with Crippen molar-refractivity contribution < 1.29 is 4.79 Å². The van der Waals surface area contributed by atoms with Crippen molar-refractivity contribution in [3.05, 3.63) is 35.9 Å². The Morgan fingerprint density at radius 2 is 1.78 bits per heavy atom. The highest BCUT2D eigenvalue weighted by Gasteiger charge is 2.57. The zero-order valence-electron chi connectivity index (χ0n) is 15.3. The van der Waals surface area contributed by atoms with Crippen LogP contribution < -0.4 is 0 Å². The van der Waals surface area contributed by atoms with Crippen LogP contribution in [-0.4, -0.2) is 23.5 Å². The number of rotatable bonds is 5. The van der Waals surface area contributed by atoms with Crippen LogP contribution in [0.1, 0.15) is 52.1 Å². The Hall–Kier alpha value is -0.613. The molecule has 1 fully saturated rings. The summed E-state index contributed by atoms with van der Waals surface area (Å²) in [6, 6.07) is 10.9. The van der Waals surface area contributed by atoms with Crippen LogP contribution in [0.25, 0.3) is 0 Å². The van der Waals surface area contributed by atoms with Crippen LogP contribution in [-0.2, 0) is 4.79 Å². The number of carbonyl (C=O) groups is 1. The van der Waals surface area contributed by atoms with Gasteiger partial charge in [0.15, 0.2) is 8.24 Å². The van der Waals surface area contributed by atoms with E-state index in [1.54, 1.807) is 0 Å². The van der Waals surface area contributed by atoms with Crippen molar-refractivity contribution >= 4 is 30.1 Å². The van der Waals surface area contributed by atoms with Crippen molar-refractivity contribution in [1.29, 1.82) is 0 Å². The Labute approximate surface area is 150 Å². The normalized spacial score (nSPS) is 23.6. The molecule has 0 spiro atoms. The lowest BCUT2D eigenvalue weighted by molar-refractivity contribution is -0.149. The van der Waals surface area contributed by atoms with E-state index in [2.05, 4.69) is 91.6 Å². The predicted molar refractivity (Wildman–Crippen MR) is 104 cm³/mol. The van der Waals surface area contributed by atoms with Gasteiger partial charge in [0.1, 0.15) is 0 Å². The monoisotopic (exact) mass is 395 g/mol. The molecule has 0 radical (unpaired) electrons. The number of benzene rings is 1. The summed E-state index contributed by atoms with van der Waals surface area (Å²) in [5.41, 5.74) is 1.30. The minimum Gasteiger partial charge on any atom is -0.361 e. The molecule has 1 amide bonds. The zero-order valence-corrected chi connectivity index (χ0v) is 17.9. The first kappa shape index (κ1) is 18.7. The molecule has 1 saturated heterocycles. The third-order valence-electron chi connectivity index (χ3n) is 5.67. The van der Waals surface area contributed by atoms with Gasteiger partial charge >= 0.3 is 0 Å². The quantitative estimate of drug-likeness (QED) is 0.352. The molecular weight excluding hydrogens is 366 g/mol. The van der Waals surface area contributed by atoms with E-state index < -0.39 is 8.24 Å². The van der Waals surface area contributed by atoms with Crippen LogP contribution in [0.4, 0.5) is 0 Å². The van der Waals surface area contributed by atoms with Crippen LogP contribution in [0.15, 0.2) is 30.3 Å². The molecule has 1 aromatic carbocycles. The molecule has 0 N–H and O–H groups in total. The van der Waals surface area contributed by atoms with E-state index in [1.807, 2.05) is 0 Å². The lowest BCUT2D eigenvalue weighted by Crippen LogP contribution is -2.68. The lowest BCUT2D eigenvalue weighted by atomic mass is 9.81. The third kappa shape index (κ3) is 3.58. The average molecular weight is 396 g/mol. The van der Waals surface area contributed by atoms with Crippen LogP contribution >= 0.6 is 15.9 Å². The molecule has 1 heterocycles. The Morgan fingerprint density at radius 1 is 1.22 bits per heavy atom. The topological polar surface area (TPSA) is 20.3 Å². The van der Waals surface area contributed by atoms with E-state index in [0.29, 0.717) is 10.7 Å². The predicted octanol–water partition coefficient (Wildman–Crippen LogP) is 5.75. The summed E-state index contributed by atoms with van der Waals surface area (Å²) in [6.07, 6.45) is 2.01. The molecule has 0 aliphatic carbocycles. The molecule has 4 heteroatoms. The molecule has 2 nitrogen and oxygen atoms in total. The fraction of sp³-hybridized carbons (Fsp3) is 0.632. The van der Waals surface area contributed by atoms with Crippen molar-refractivity contribution in [2.45, 2.75) is 69.5 Å². The molecule has 23 heavy (non-hydrogen) atoms. The van der Waals surface area contributed by atoms with Gasteiger partial charge in [-0.05, 0) is 23.4 Å².